The molecular formula is C19H16F4N2O. The lowest BCUT2D eigenvalue weighted by atomic mass is 10.00. The van der Waals surface area contributed by atoms with Crippen LogP contribution >= 0.6 is 0 Å². The lowest BCUT2D eigenvalue weighted by Crippen LogP contribution is -2.21. The molecule has 1 unspecified atom stereocenters. The van der Waals surface area contributed by atoms with Crippen LogP contribution in [0.5, 0.6) is 0 Å². The zero-order chi connectivity index (χ0) is 19.3. The van der Waals surface area contributed by atoms with Crippen LogP contribution in [0.4, 0.5) is 23.2 Å². The van der Waals surface area contributed by atoms with Crippen LogP contribution in [0.3, 0.4) is 0 Å². The van der Waals surface area contributed by atoms with Gasteiger partial charge in [0.1, 0.15) is 5.82 Å². The third kappa shape index (κ3) is 5.06. The highest BCUT2D eigenvalue weighted by molar-refractivity contribution is 5.92. The maximum Gasteiger partial charge on any atom is 0.417 e. The number of nitriles is 1. The van der Waals surface area contributed by atoms with Crippen molar-refractivity contribution in [2.75, 3.05) is 5.32 Å². The summed E-state index contributed by atoms with van der Waals surface area (Å²) in [7, 11) is 0. The van der Waals surface area contributed by atoms with Gasteiger partial charge in [-0.25, -0.2) is 4.39 Å². The second-order valence-corrected chi connectivity index (χ2v) is 5.93. The van der Waals surface area contributed by atoms with Gasteiger partial charge in [0.05, 0.1) is 17.2 Å². The second kappa shape index (κ2) is 8.00. The molecule has 0 saturated heterocycles. The van der Waals surface area contributed by atoms with Gasteiger partial charge in [0.25, 0.3) is 0 Å². The molecule has 0 aliphatic rings. The minimum atomic E-state index is -4.68. The highest BCUT2D eigenvalue weighted by Crippen LogP contribution is 2.33. The van der Waals surface area contributed by atoms with Crippen molar-refractivity contribution < 1.29 is 22.4 Å². The van der Waals surface area contributed by atoms with Crippen molar-refractivity contribution in [1.29, 1.82) is 5.26 Å². The van der Waals surface area contributed by atoms with Crippen LogP contribution in [0, 0.1) is 23.1 Å². The number of carbonyl (C=O) groups excluding carboxylic acids is 1. The summed E-state index contributed by atoms with van der Waals surface area (Å²) in [5.41, 5.74) is -0.740. The van der Waals surface area contributed by atoms with Gasteiger partial charge in [0.2, 0.25) is 5.91 Å². The van der Waals surface area contributed by atoms with E-state index in [0.717, 1.165) is 17.7 Å². The number of hydrogen-bond donors (Lipinski definition) is 1. The van der Waals surface area contributed by atoms with Crippen molar-refractivity contribution >= 4 is 11.6 Å². The molecule has 0 aliphatic carbocycles. The molecule has 0 heterocycles. The van der Waals surface area contributed by atoms with Crippen molar-refractivity contribution in [2.24, 2.45) is 5.92 Å². The maximum atomic E-state index is 13.0. The summed E-state index contributed by atoms with van der Waals surface area (Å²) in [6, 6.07) is 10.4. The highest BCUT2D eigenvalue weighted by atomic mass is 19.4. The number of carbonyl (C=O) groups is 1. The van der Waals surface area contributed by atoms with Gasteiger partial charge in [-0.3, -0.25) is 4.79 Å². The number of anilines is 1. The Bertz CT molecular complexity index is 823. The molecule has 1 N–H and O–H groups in total. The molecule has 1 amide bonds. The summed E-state index contributed by atoms with van der Waals surface area (Å²) < 4.78 is 51.7. The summed E-state index contributed by atoms with van der Waals surface area (Å²) in [6.45, 7) is 1.66. The van der Waals surface area contributed by atoms with Crippen LogP contribution in [0.2, 0.25) is 0 Å². The first-order chi connectivity index (χ1) is 12.2. The molecule has 0 spiro atoms. The lowest BCUT2D eigenvalue weighted by molar-refractivity contribution is -0.137. The van der Waals surface area contributed by atoms with Crippen molar-refractivity contribution in [3.63, 3.8) is 0 Å². The molecule has 26 heavy (non-hydrogen) atoms. The predicted molar refractivity (Wildman–Crippen MR) is 88.7 cm³/mol. The normalized spacial score (nSPS) is 12.3. The summed E-state index contributed by atoms with van der Waals surface area (Å²) >= 11 is 0. The molecule has 136 valence electrons. The van der Waals surface area contributed by atoms with Crippen LogP contribution in [-0.2, 0) is 17.4 Å². The molecular weight excluding hydrogens is 348 g/mol. The fraction of sp³-hybridized carbons (Fsp3) is 0.263. The van der Waals surface area contributed by atoms with Crippen molar-refractivity contribution in [3.05, 3.63) is 65.0 Å². The number of amides is 1. The molecule has 0 aromatic heterocycles. The first-order valence-corrected chi connectivity index (χ1v) is 7.87. The van der Waals surface area contributed by atoms with E-state index in [4.69, 9.17) is 5.26 Å². The van der Waals surface area contributed by atoms with E-state index in [9.17, 15) is 22.4 Å². The fourth-order valence-corrected chi connectivity index (χ4v) is 2.38. The van der Waals surface area contributed by atoms with Gasteiger partial charge in [-0.2, -0.15) is 18.4 Å². The molecule has 2 rings (SSSR count). The molecule has 0 saturated carbocycles. The van der Waals surface area contributed by atoms with Gasteiger partial charge < -0.3 is 5.32 Å². The van der Waals surface area contributed by atoms with Crippen LogP contribution in [0.15, 0.2) is 42.5 Å². The van der Waals surface area contributed by atoms with E-state index in [0.29, 0.717) is 12.8 Å². The number of halogens is 4. The topological polar surface area (TPSA) is 52.9 Å². The molecule has 2 aromatic rings. The van der Waals surface area contributed by atoms with Crippen molar-refractivity contribution in [3.8, 4) is 6.07 Å². The average Bonchev–Trinajstić information content (AvgIpc) is 2.60. The van der Waals surface area contributed by atoms with E-state index in [-0.39, 0.29) is 11.5 Å². The molecule has 0 fully saturated rings. The van der Waals surface area contributed by atoms with E-state index < -0.39 is 29.1 Å². The van der Waals surface area contributed by atoms with E-state index >= 15 is 0 Å². The summed E-state index contributed by atoms with van der Waals surface area (Å²) in [6.07, 6.45) is -3.68. The zero-order valence-corrected chi connectivity index (χ0v) is 13.9. The molecule has 0 bridgehead atoms. The Kier molecular flexibility index (Phi) is 5.98. The number of hydrogen-bond acceptors (Lipinski definition) is 2. The molecule has 0 aliphatic heterocycles. The van der Waals surface area contributed by atoms with Crippen LogP contribution < -0.4 is 5.32 Å². The quantitative estimate of drug-likeness (QED) is 0.766. The predicted octanol–water partition coefficient (Wildman–Crippen LogP) is 4.92. The van der Waals surface area contributed by atoms with Gasteiger partial charge >= 0.3 is 6.18 Å². The van der Waals surface area contributed by atoms with Crippen molar-refractivity contribution in [1.82, 2.24) is 0 Å². The van der Waals surface area contributed by atoms with Gasteiger partial charge in [-0.1, -0.05) is 19.1 Å². The standard InChI is InChI=1S/C19H16F4N2O/c1-12(2-3-13-4-7-15(20)8-5-13)18(26)25-16-9-6-14(11-24)17(10-16)19(21,22)23/h4-10,12H,2-3H2,1H3,(H,25,26). The molecule has 7 heteroatoms. The van der Waals surface area contributed by atoms with E-state index in [1.54, 1.807) is 19.1 Å². The first kappa shape index (κ1) is 19.4. The summed E-state index contributed by atoms with van der Waals surface area (Å²) in [5.74, 6) is -1.23. The Hall–Kier alpha value is -2.88. The van der Waals surface area contributed by atoms with E-state index in [1.807, 2.05) is 0 Å². The highest BCUT2D eigenvalue weighted by Gasteiger charge is 2.34. The number of nitrogens with zero attached hydrogens (tertiary/aromatic N) is 1. The fourth-order valence-electron chi connectivity index (χ4n) is 2.38. The minimum Gasteiger partial charge on any atom is -0.326 e. The molecule has 2 aromatic carbocycles. The van der Waals surface area contributed by atoms with E-state index in [1.165, 1.54) is 24.3 Å². The molecule has 1 atom stereocenters. The minimum absolute atomic E-state index is 0.0186. The van der Waals surface area contributed by atoms with Crippen LogP contribution in [0.25, 0.3) is 0 Å². The van der Waals surface area contributed by atoms with Crippen LogP contribution in [0.1, 0.15) is 30.0 Å². The Morgan fingerprint density at radius 3 is 2.42 bits per heavy atom. The van der Waals surface area contributed by atoms with Gasteiger partial charge in [0, 0.05) is 11.6 Å². The van der Waals surface area contributed by atoms with Gasteiger partial charge in [0.15, 0.2) is 0 Å². The Morgan fingerprint density at radius 1 is 1.19 bits per heavy atom. The Labute approximate surface area is 148 Å². The van der Waals surface area contributed by atoms with Crippen molar-refractivity contribution in [2.45, 2.75) is 25.9 Å². The van der Waals surface area contributed by atoms with E-state index in [2.05, 4.69) is 5.32 Å². The monoisotopic (exact) mass is 364 g/mol. The third-order valence-corrected chi connectivity index (χ3v) is 3.94. The number of rotatable bonds is 5. The zero-order valence-electron chi connectivity index (χ0n) is 13.9. The lowest BCUT2D eigenvalue weighted by Gasteiger charge is -2.14. The number of benzene rings is 2. The SMILES string of the molecule is CC(CCc1ccc(F)cc1)C(=O)Nc1ccc(C#N)c(C(F)(F)F)c1. The smallest absolute Gasteiger partial charge is 0.326 e. The number of nitrogens with one attached hydrogen (secondary N) is 1. The Morgan fingerprint density at radius 2 is 1.85 bits per heavy atom. The third-order valence-electron chi connectivity index (χ3n) is 3.94. The number of alkyl halides is 3. The molecule has 0 radical (unpaired) electrons. The summed E-state index contributed by atoms with van der Waals surface area (Å²) in [4.78, 5) is 12.2. The van der Waals surface area contributed by atoms with Gasteiger partial charge in [-0.05, 0) is 48.7 Å². The Balaban J connectivity index is 2.02. The maximum absolute atomic E-state index is 13.0. The summed E-state index contributed by atoms with van der Waals surface area (Å²) in [5, 5.41) is 11.2. The number of aryl methyl sites for hydroxylation is 1. The average molecular weight is 364 g/mol. The second-order valence-electron chi connectivity index (χ2n) is 5.93. The first-order valence-electron chi connectivity index (χ1n) is 7.87. The molecule has 3 nitrogen and oxygen atoms in total. The largest absolute Gasteiger partial charge is 0.417 e. The van der Waals surface area contributed by atoms with Crippen LogP contribution in [-0.4, -0.2) is 5.91 Å². The van der Waals surface area contributed by atoms with Gasteiger partial charge in [-0.15, -0.1) is 0 Å².